The highest BCUT2D eigenvalue weighted by molar-refractivity contribution is 5.61. The number of benzene rings is 6. The van der Waals surface area contributed by atoms with E-state index in [1.54, 1.807) is 0 Å². The van der Waals surface area contributed by atoms with Crippen molar-refractivity contribution in [2.24, 2.45) is 0 Å². The molecule has 632 valence electrons. The number of nitrogens with zero attached hydrogens (tertiary/aromatic N) is 10. The molecule has 18 rings (SSSR count). The van der Waals surface area contributed by atoms with Gasteiger partial charge in [-0.1, -0.05) is 186 Å². The number of para-hydroxylation sites is 5. The molecule has 10 nitrogen and oxygen atoms in total. The SMILES string of the molecule is [2H]C([2H])([2H])c1n(-c2ccccc2C)c(C)c(-c2ccccc2)[n+]1C1CCCCC1.[2H]C([2H])([2H])c1n(-c2ccccc2C)c(C)c(C)[n+]1C1CCCCC1.[2H]C([2H])([2H])c1n(-c2ccccc2C)c(C)c(C)[n+]1C1CCCCC1.[2H]C([2H])([2H])c1n(-c2ccccc2C)c(C)c(C2CCCC2)[n+]1C1CCCCC1.[2H]C([2H])([2H])c1n(-c2ccccc2C)c(C)c(C2CCCCC2)[n+]1C1CCCCC1. The van der Waals surface area contributed by atoms with Gasteiger partial charge in [0.15, 0.2) is 11.4 Å². The van der Waals surface area contributed by atoms with Gasteiger partial charge in [-0.15, -0.1) is 0 Å². The van der Waals surface area contributed by atoms with Gasteiger partial charge in [0, 0.05) is 121 Å². The molecule has 0 atom stereocenters. The second-order valence-electron chi connectivity index (χ2n) is 36.4. The van der Waals surface area contributed by atoms with E-state index in [-0.39, 0.29) is 6.04 Å². The van der Waals surface area contributed by atoms with Crippen LogP contribution in [0.15, 0.2) is 152 Å². The third-order valence-electron chi connectivity index (χ3n) is 28.8. The van der Waals surface area contributed by atoms with Gasteiger partial charge in [-0.25, -0.2) is 22.8 Å². The van der Waals surface area contributed by atoms with E-state index in [9.17, 15) is 0 Å². The largest absolute Gasteiger partial charge is 0.259 e. The fourth-order valence-corrected chi connectivity index (χ4v) is 22.2. The van der Waals surface area contributed by atoms with Crippen LogP contribution in [0.5, 0.6) is 0 Å². The van der Waals surface area contributed by atoms with E-state index in [4.69, 9.17) is 20.6 Å². The van der Waals surface area contributed by atoms with E-state index in [1.807, 2.05) is 164 Å². The van der Waals surface area contributed by atoms with Crippen molar-refractivity contribution in [3.8, 4) is 39.7 Å². The Bertz CT molecular complexity index is 5670. The molecule has 0 unspecified atom stereocenters. The number of hydrogen-bond donors (Lipinski definition) is 0. The second-order valence-corrected chi connectivity index (χ2v) is 36.4. The van der Waals surface area contributed by atoms with Gasteiger partial charge in [0.2, 0.25) is 0 Å². The molecule has 0 radical (unpaired) electrons. The molecule has 119 heavy (non-hydrogen) atoms. The molecular weight excluding hydrogens is 1450 g/mol. The minimum atomic E-state index is -2.21. The summed E-state index contributed by atoms with van der Waals surface area (Å²) in [4.78, 5) is 0. The van der Waals surface area contributed by atoms with E-state index in [2.05, 4.69) is 117 Å². The van der Waals surface area contributed by atoms with E-state index in [0.29, 0.717) is 65.1 Å². The van der Waals surface area contributed by atoms with Crippen molar-refractivity contribution in [2.45, 2.75) is 378 Å². The summed E-state index contributed by atoms with van der Waals surface area (Å²) in [7, 11) is 0. The Kier molecular flexibility index (Phi) is 23.1. The molecule has 0 saturated heterocycles. The lowest BCUT2D eigenvalue weighted by molar-refractivity contribution is -0.738. The van der Waals surface area contributed by atoms with Crippen molar-refractivity contribution in [1.82, 2.24) is 22.8 Å². The fourth-order valence-electron chi connectivity index (χ4n) is 22.2. The topological polar surface area (TPSA) is 44.0 Å². The maximum absolute atomic E-state index is 8.51. The van der Waals surface area contributed by atoms with Crippen LogP contribution in [-0.4, -0.2) is 22.8 Å². The summed E-state index contributed by atoms with van der Waals surface area (Å²) in [6, 6.07) is 52.2. The van der Waals surface area contributed by atoms with Crippen molar-refractivity contribution >= 4 is 0 Å². The molecule has 10 heteroatoms. The summed E-state index contributed by atoms with van der Waals surface area (Å²) in [5.74, 6) is 3.36. The molecule has 7 aliphatic carbocycles. The van der Waals surface area contributed by atoms with Crippen LogP contribution in [0.25, 0.3) is 39.7 Å². The minimum Gasteiger partial charge on any atom is -0.229 e. The summed E-state index contributed by atoms with van der Waals surface area (Å²) in [5.41, 5.74) is 22.6. The third kappa shape index (κ3) is 18.5. The smallest absolute Gasteiger partial charge is 0.229 e. The quantitative estimate of drug-likeness (QED) is 0.103. The highest BCUT2D eigenvalue weighted by atomic mass is 15.2. The van der Waals surface area contributed by atoms with Crippen LogP contribution in [0.4, 0.5) is 0 Å². The Morgan fingerprint density at radius 2 is 0.445 bits per heavy atom. The Labute approximate surface area is 739 Å². The van der Waals surface area contributed by atoms with Crippen molar-refractivity contribution in [3.63, 3.8) is 0 Å². The highest BCUT2D eigenvalue weighted by Crippen LogP contribution is 2.42. The van der Waals surface area contributed by atoms with Crippen molar-refractivity contribution < 1.29 is 43.4 Å². The number of aromatic nitrogens is 10. The lowest BCUT2D eigenvalue weighted by Gasteiger charge is -2.25. The van der Waals surface area contributed by atoms with Crippen LogP contribution in [0.1, 0.15) is 389 Å². The monoisotopic (exact) mass is 1620 g/mol. The average Bonchev–Trinajstić information content (AvgIpc) is 1.59. The number of hydrogen-bond acceptors (Lipinski definition) is 0. The summed E-state index contributed by atoms with van der Waals surface area (Å²) < 4.78 is 147. The number of aryl methyl sites for hydroxylation is 5. The van der Waals surface area contributed by atoms with Gasteiger partial charge in [-0.3, -0.25) is 0 Å². The first kappa shape index (κ1) is 69.0. The summed E-state index contributed by atoms with van der Waals surface area (Å²) in [6.45, 7) is 14.1. The van der Waals surface area contributed by atoms with Gasteiger partial charge >= 0.3 is 0 Å². The molecule has 0 spiro atoms. The molecule has 7 aliphatic rings. The Balaban J connectivity index is 0.000000135. The second kappa shape index (κ2) is 39.9. The highest BCUT2D eigenvalue weighted by Gasteiger charge is 2.41. The van der Waals surface area contributed by atoms with Crippen molar-refractivity contribution in [3.05, 3.63) is 260 Å². The predicted octanol–water partition coefficient (Wildman–Crippen LogP) is 27.0. The van der Waals surface area contributed by atoms with Crippen LogP contribution < -0.4 is 22.8 Å². The molecular formula is C109H151N10+5. The summed E-state index contributed by atoms with van der Waals surface area (Å²) >= 11 is 0. The zero-order valence-electron chi connectivity index (χ0n) is 89.5. The molecule has 0 N–H and O–H groups in total. The first-order valence-electron chi connectivity index (χ1n) is 54.0. The summed E-state index contributed by atoms with van der Waals surface area (Å²) in [5, 5.41) is 0. The van der Waals surface area contributed by atoms with Gasteiger partial charge in [-0.05, 0) is 247 Å². The van der Waals surface area contributed by atoms with Gasteiger partial charge in [-0.2, -0.15) is 22.8 Å². The molecule has 6 aromatic carbocycles. The van der Waals surface area contributed by atoms with E-state index < -0.39 is 34.3 Å². The Morgan fingerprint density at radius 1 is 0.227 bits per heavy atom. The van der Waals surface area contributed by atoms with Crippen LogP contribution in [0, 0.1) is 117 Å². The number of imidazole rings is 5. The lowest BCUT2D eigenvalue weighted by atomic mass is 9.85. The maximum atomic E-state index is 8.51. The van der Waals surface area contributed by atoms with Gasteiger partial charge in [0.1, 0.15) is 104 Å². The van der Waals surface area contributed by atoms with E-state index in [1.165, 1.54) is 153 Å². The van der Waals surface area contributed by atoms with E-state index in [0.717, 1.165) is 184 Å². The predicted molar refractivity (Wildman–Crippen MR) is 493 cm³/mol. The first-order chi connectivity index (χ1) is 63.8. The van der Waals surface area contributed by atoms with Crippen LogP contribution in [0.2, 0.25) is 0 Å². The molecule has 11 aromatic rings. The first-order valence-corrected chi connectivity index (χ1v) is 46.5. The third-order valence-corrected chi connectivity index (χ3v) is 28.8. The van der Waals surface area contributed by atoms with Gasteiger partial charge in [0.05, 0.1) is 0 Å². The summed E-state index contributed by atoms with van der Waals surface area (Å²) in [6.07, 6.45) is 40.0. The standard InChI is InChI=1S/C24H35N2.C24H29N2.C23H33N2.2C19H27N2/c2*1-18-12-10-11-17-23(18)25-19(2)24(21-13-6-4-7-14-21)26(20(25)3)22-15-8-5-9-16-22;1-17-11-7-10-16-22(17)24-18(2)23(20-12-8-9-13-20)25(19(24)3)21-14-5-4-6-15-21;2*1-14-10-8-9-13-19(14)21-16(3)15(2)20(17(21)4)18-11-6-5-7-12-18/h10-12,17,21-22H,4-9,13-16H2,1-3H3;4,6-7,10-14,17,22H,5,8-9,15-16H2,1-3H3;7,10-11,16,20-21H,4-6,8-9,12-15H2,1-3H3;2*8-10,13,18H,5-7,11-12H2,1-4H3/q5*+1/i3*3D3;2*4D3. The zero-order valence-corrected chi connectivity index (χ0v) is 74.5. The van der Waals surface area contributed by atoms with Gasteiger partial charge < -0.3 is 0 Å². The van der Waals surface area contributed by atoms with Crippen molar-refractivity contribution in [1.29, 1.82) is 0 Å². The minimum absolute atomic E-state index is 0.221. The van der Waals surface area contributed by atoms with Gasteiger partial charge in [0.25, 0.3) is 29.1 Å². The Morgan fingerprint density at radius 3 is 0.731 bits per heavy atom. The lowest BCUT2D eigenvalue weighted by Crippen LogP contribution is -2.46. The van der Waals surface area contributed by atoms with Crippen LogP contribution in [-0.2, 0) is 0 Å². The molecule has 5 heterocycles. The molecule has 7 fully saturated rings. The molecule has 7 saturated carbocycles. The molecule has 5 aromatic heterocycles. The Hall–Kier alpha value is -8.63. The average molecular weight is 1620 g/mol. The number of rotatable bonds is 13. The fraction of sp³-hybridized carbons (Fsp3) is 0.532. The normalized spacial score (nSPS) is 20.0. The molecule has 0 amide bonds. The zero-order chi connectivity index (χ0) is 96.0. The maximum Gasteiger partial charge on any atom is 0.259 e. The molecule has 0 aliphatic heterocycles. The van der Waals surface area contributed by atoms with Crippen LogP contribution in [0.3, 0.4) is 0 Å². The molecule has 0 bridgehead atoms. The van der Waals surface area contributed by atoms with E-state index >= 15 is 0 Å². The van der Waals surface area contributed by atoms with Crippen LogP contribution >= 0.6 is 0 Å². The van der Waals surface area contributed by atoms with Crippen molar-refractivity contribution in [2.75, 3.05) is 0 Å².